The second kappa shape index (κ2) is 8.53. The van der Waals surface area contributed by atoms with E-state index < -0.39 is 15.8 Å². The maximum absolute atomic E-state index is 13.9. The van der Waals surface area contributed by atoms with Crippen molar-refractivity contribution >= 4 is 10.0 Å². The number of hydrogen-bond donors (Lipinski definition) is 0. The summed E-state index contributed by atoms with van der Waals surface area (Å²) in [4.78, 5) is 0.240. The highest BCUT2D eigenvalue weighted by Crippen LogP contribution is 2.32. The van der Waals surface area contributed by atoms with E-state index in [1.807, 2.05) is 6.92 Å². The van der Waals surface area contributed by atoms with Crippen LogP contribution < -0.4 is 4.74 Å². The molecule has 158 valence electrons. The molecule has 0 spiro atoms. The standard InChI is InChI=1S/C21H22FN3O4S/c1-2-28-16-7-9-17(10-8-16)30(26,27)25-13-11-15(12-14-25)20-23-24-21(29-20)18-5-3-4-6-19(18)22/h3-10,15H,2,11-14H2,1H3. The minimum atomic E-state index is -3.58. The van der Waals surface area contributed by atoms with Gasteiger partial charge in [0.25, 0.3) is 5.89 Å². The van der Waals surface area contributed by atoms with Crippen molar-refractivity contribution in [1.29, 1.82) is 0 Å². The number of sulfonamides is 1. The smallest absolute Gasteiger partial charge is 0.250 e. The van der Waals surface area contributed by atoms with Gasteiger partial charge in [0.05, 0.1) is 17.1 Å². The second-order valence-electron chi connectivity index (χ2n) is 7.01. The lowest BCUT2D eigenvalue weighted by Gasteiger charge is -2.29. The van der Waals surface area contributed by atoms with Crippen LogP contribution in [-0.2, 0) is 10.0 Å². The van der Waals surface area contributed by atoms with Crippen LogP contribution in [0.15, 0.2) is 57.8 Å². The van der Waals surface area contributed by atoms with Crippen LogP contribution in [0, 0.1) is 5.82 Å². The van der Waals surface area contributed by atoms with Gasteiger partial charge in [-0.25, -0.2) is 12.8 Å². The third-order valence-corrected chi connectivity index (χ3v) is 7.03. The van der Waals surface area contributed by atoms with Crippen LogP contribution in [0.4, 0.5) is 4.39 Å². The van der Waals surface area contributed by atoms with Crippen LogP contribution in [0.2, 0.25) is 0 Å². The van der Waals surface area contributed by atoms with E-state index in [0.717, 1.165) is 0 Å². The molecule has 2 aromatic carbocycles. The molecule has 1 aromatic heterocycles. The average molecular weight is 431 g/mol. The van der Waals surface area contributed by atoms with Gasteiger partial charge < -0.3 is 9.15 Å². The SMILES string of the molecule is CCOc1ccc(S(=O)(=O)N2CCC(c3nnc(-c4ccccc4F)o3)CC2)cc1. The first-order chi connectivity index (χ1) is 14.5. The van der Waals surface area contributed by atoms with Gasteiger partial charge in [-0.3, -0.25) is 0 Å². The normalized spacial score (nSPS) is 15.9. The van der Waals surface area contributed by atoms with Crippen LogP contribution in [0.3, 0.4) is 0 Å². The van der Waals surface area contributed by atoms with Crippen molar-refractivity contribution < 1.29 is 22.0 Å². The highest BCUT2D eigenvalue weighted by molar-refractivity contribution is 7.89. The van der Waals surface area contributed by atoms with Gasteiger partial charge in [0.15, 0.2) is 0 Å². The van der Waals surface area contributed by atoms with Gasteiger partial charge in [-0.15, -0.1) is 10.2 Å². The summed E-state index contributed by atoms with van der Waals surface area (Å²) in [6.45, 7) is 3.08. The minimum absolute atomic E-state index is 0.0650. The molecule has 0 amide bonds. The minimum Gasteiger partial charge on any atom is -0.494 e. The van der Waals surface area contributed by atoms with Crippen molar-refractivity contribution in [3.05, 3.63) is 60.2 Å². The molecule has 0 bridgehead atoms. The Bertz CT molecular complexity index is 1110. The first kappa shape index (κ1) is 20.5. The molecule has 1 aliphatic heterocycles. The topological polar surface area (TPSA) is 85.5 Å². The third kappa shape index (κ3) is 4.08. The summed E-state index contributed by atoms with van der Waals surface area (Å²) in [6, 6.07) is 12.7. The lowest BCUT2D eigenvalue weighted by Crippen LogP contribution is -2.37. The highest BCUT2D eigenvalue weighted by Gasteiger charge is 2.32. The number of nitrogens with zero attached hydrogens (tertiary/aromatic N) is 3. The maximum Gasteiger partial charge on any atom is 0.250 e. The fraction of sp³-hybridized carbons (Fsp3) is 0.333. The Kier molecular flexibility index (Phi) is 5.83. The largest absolute Gasteiger partial charge is 0.494 e. The molecule has 1 aliphatic rings. The fourth-order valence-corrected chi connectivity index (χ4v) is 4.98. The van der Waals surface area contributed by atoms with Crippen molar-refractivity contribution in [3.8, 4) is 17.2 Å². The summed E-state index contributed by atoms with van der Waals surface area (Å²) in [5.74, 6) is 0.685. The molecule has 2 heterocycles. The second-order valence-corrected chi connectivity index (χ2v) is 8.95. The summed E-state index contributed by atoms with van der Waals surface area (Å²) in [5.41, 5.74) is 0.256. The molecule has 7 nitrogen and oxygen atoms in total. The number of hydrogen-bond acceptors (Lipinski definition) is 6. The maximum atomic E-state index is 13.9. The molecule has 3 aromatic rings. The summed E-state index contributed by atoms with van der Waals surface area (Å²) >= 11 is 0. The predicted octanol–water partition coefficient (Wildman–Crippen LogP) is 3.84. The Labute approximate surface area is 174 Å². The summed E-state index contributed by atoms with van der Waals surface area (Å²) < 4.78 is 52.3. The molecule has 0 N–H and O–H groups in total. The molecule has 0 aliphatic carbocycles. The number of benzene rings is 2. The van der Waals surface area contributed by atoms with Crippen LogP contribution in [0.5, 0.6) is 5.75 Å². The summed E-state index contributed by atoms with van der Waals surface area (Å²) in [5, 5.41) is 8.03. The van der Waals surface area contributed by atoms with Crippen molar-refractivity contribution in [2.45, 2.75) is 30.6 Å². The zero-order valence-electron chi connectivity index (χ0n) is 16.5. The van der Waals surface area contributed by atoms with Crippen LogP contribution in [0.25, 0.3) is 11.5 Å². The molecular weight excluding hydrogens is 409 g/mol. The van der Waals surface area contributed by atoms with E-state index in [1.54, 1.807) is 42.5 Å². The van der Waals surface area contributed by atoms with Crippen molar-refractivity contribution in [1.82, 2.24) is 14.5 Å². The summed E-state index contributed by atoms with van der Waals surface area (Å²) in [7, 11) is -3.58. The monoisotopic (exact) mass is 431 g/mol. The number of halogens is 1. The Morgan fingerprint density at radius 2 is 1.80 bits per heavy atom. The zero-order valence-corrected chi connectivity index (χ0v) is 17.3. The average Bonchev–Trinajstić information content (AvgIpc) is 3.25. The van der Waals surface area contributed by atoms with Gasteiger partial charge in [-0.1, -0.05) is 12.1 Å². The van der Waals surface area contributed by atoms with E-state index in [1.165, 1.54) is 10.4 Å². The molecule has 0 radical (unpaired) electrons. The lowest BCUT2D eigenvalue weighted by atomic mass is 9.98. The molecule has 9 heteroatoms. The van der Waals surface area contributed by atoms with E-state index in [4.69, 9.17) is 9.15 Å². The lowest BCUT2D eigenvalue weighted by molar-refractivity contribution is 0.291. The van der Waals surface area contributed by atoms with E-state index in [0.29, 0.717) is 44.2 Å². The van der Waals surface area contributed by atoms with Gasteiger partial charge in [-0.2, -0.15) is 4.31 Å². The zero-order chi connectivity index (χ0) is 21.1. The first-order valence-electron chi connectivity index (χ1n) is 9.80. The highest BCUT2D eigenvalue weighted by atomic mass is 32.2. The first-order valence-corrected chi connectivity index (χ1v) is 11.2. The van der Waals surface area contributed by atoms with E-state index >= 15 is 0 Å². The van der Waals surface area contributed by atoms with Crippen LogP contribution in [-0.4, -0.2) is 42.6 Å². The van der Waals surface area contributed by atoms with E-state index in [-0.39, 0.29) is 22.3 Å². The molecule has 0 unspecified atom stereocenters. The molecular formula is C21H22FN3O4S. The number of rotatable bonds is 6. The molecule has 1 saturated heterocycles. The van der Waals surface area contributed by atoms with E-state index in [9.17, 15) is 12.8 Å². The van der Waals surface area contributed by atoms with Crippen molar-refractivity contribution in [2.75, 3.05) is 19.7 Å². The Hall–Kier alpha value is -2.78. The number of ether oxygens (including phenoxy) is 1. The van der Waals surface area contributed by atoms with Gasteiger partial charge in [0, 0.05) is 19.0 Å². The van der Waals surface area contributed by atoms with Crippen molar-refractivity contribution in [2.24, 2.45) is 0 Å². The molecule has 0 atom stereocenters. The molecule has 1 fully saturated rings. The van der Waals surface area contributed by atoms with Crippen molar-refractivity contribution in [3.63, 3.8) is 0 Å². The molecule has 4 rings (SSSR count). The molecule has 30 heavy (non-hydrogen) atoms. The predicted molar refractivity (Wildman–Crippen MR) is 108 cm³/mol. The van der Waals surface area contributed by atoms with Gasteiger partial charge in [0.2, 0.25) is 15.9 Å². The van der Waals surface area contributed by atoms with Gasteiger partial charge in [0.1, 0.15) is 11.6 Å². The molecule has 0 saturated carbocycles. The summed E-state index contributed by atoms with van der Waals surface area (Å²) in [6.07, 6.45) is 1.10. The van der Waals surface area contributed by atoms with E-state index in [2.05, 4.69) is 10.2 Å². The third-order valence-electron chi connectivity index (χ3n) is 5.12. The van der Waals surface area contributed by atoms with Gasteiger partial charge in [-0.05, 0) is 56.2 Å². The van der Waals surface area contributed by atoms with Gasteiger partial charge >= 0.3 is 0 Å². The quantitative estimate of drug-likeness (QED) is 0.589. The number of piperidine rings is 1. The van der Waals surface area contributed by atoms with Crippen LogP contribution >= 0.6 is 0 Å². The Morgan fingerprint density at radius 1 is 1.10 bits per heavy atom. The van der Waals surface area contributed by atoms with Crippen LogP contribution in [0.1, 0.15) is 31.6 Å². The fourth-order valence-electron chi connectivity index (χ4n) is 3.51. The Morgan fingerprint density at radius 3 is 2.47 bits per heavy atom. The Balaban J connectivity index is 1.43. The number of aromatic nitrogens is 2.